The molecule has 146 valence electrons. The largest absolute Gasteiger partial charge is 0.491 e. The Hall–Kier alpha value is -1.01. The van der Waals surface area contributed by atoms with Crippen LogP contribution in [-0.2, 0) is 6.54 Å². The maximum absolute atomic E-state index is 10.2. The molecule has 7 heteroatoms. The number of hydrogen-bond acceptors (Lipinski definition) is 4. The van der Waals surface area contributed by atoms with Crippen molar-refractivity contribution < 1.29 is 9.84 Å². The summed E-state index contributed by atoms with van der Waals surface area (Å²) in [5, 5.41) is 12.1. The molecule has 0 amide bonds. The van der Waals surface area contributed by atoms with Gasteiger partial charge in [0.2, 0.25) is 0 Å². The van der Waals surface area contributed by atoms with E-state index in [0.717, 1.165) is 38.3 Å². The Balaban J connectivity index is 1.38. The van der Waals surface area contributed by atoms with Crippen LogP contribution in [0.5, 0.6) is 5.75 Å². The van der Waals surface area contributed by atoms with Crippen molar-refractivity contribution in [3.05, 3.63) is 63.1 Å². The van der Waals surface area contributed by atoms with Crippen molar-refractivity contribution >= 4 is 34.8 Å². The number of aliphatic hydroxyl groups excluding tert-OH is 1. The molecule has 1 fully saturated rings. The van der Waals surface area contributed by atoms with E-state index in [1.165, 1.54) is 0 Å². The third-order valence-electron chi connectivity index (χ3n) is 4.58. The number of rotatable bonds is 7. The number of piperazine rings is 1. The molecule has 1 aliphatic heterocycles. The summed E-state index contributed by atoms with van der Waals surface area (Å²) in [6.07, 6.45) is -0.526. The van der Waals surface area contributed by atoms with E-state index in [1.807, 2.05) is 18.2 Å². The highest BCUT2D eigenvalue weighted by Gasteiger charge is 2.19. The summed E-state index contributed by atoms with van der Waals surface area (Å²) >= 11 is 17.9. The van der Waals surface area contributed by atoms with Gasteiger partial charge in [-0.2, -0.15) is 0 Å². The number of halogens is 3. The van der Waals surface area contributed by atoms with E-state index in [4.69, 9.17) is 39.5 Å². The predicted molar refractivity (Wildman–Crippen MR) is 111 cm³/mol. The second kappa shape index (κ2) is 9.97. The Labute approximate surface area is 175 Å². The Morgan fingerprint density at radius 2 is 1.56 bits per heavy atom. The normalized spacial score (nSPS) is 17.0. The van der Waals surface area contributed by atoms with E-state index in [2.05, 4.69) is 9.80 Å². The molecule has 2 aromatic rings. The maximum atomic E-state index is 10.2. The minimum absolute atomic E-state index is 0.269. The summed E-state index contributed by atoms with van der Waals surface area (Å²) < 4.78 is 5.62. The van der Waals surface area contributed by atoms with Crippen molar-refractivity contribution in [2.75, 3.05) is 39.3 Å². The molecule has 27 heavy (non-hydrogen) atoms. The molecule has 1 saturated heterocycles. The van der Waals surface area contributed by atoms with E-state index < -0.39 is 6.10 Å². The van der Waals surface area contributed by atoms with E-state index in [0.29, 0.717) is 27.4 Å². The van der Waals surface area contributed by atoms with Gasteiger partial charge in [0.15, 0.2) is 0 Å². The number of benzene rings is 2. The molecule has 0 aromatic heterocycles. The van der Waals surface area contributed by atoms with Gasteiger partial charge in [-0.15, -0.1) is 0 Å². The second-order valence-electron chi connectivity index (χ2n) is 6.74. The molecule has 1 atom stereocenters. The molecule has 1 N–H and O–H groups in total. The van der Waals surface area contributed by atoms with Gasteiger partial charge in [0.25, 0.3) is 0 Å². The highest BCUT2D eigenvalue weighted by Crippen LogP contribution is 2.23. The molecule has 1 heterocycles. The highest BCUT2D eigenvalue weighted by molar-refractivity contribution is 6.42. The minimum atomic E-state index is -0.526. The summed E-state index contributed by atoms with van der Waals surface area (Å²) in [7, 11) is 0. The molecule has 0 aliphatic carbocycles. The van der Waals surface area contributed by atoms with Crippen LogP contribution in [0.25, 0.3) is 0 Å². The lowest BCUT2D eigenvalue weighted by molar-refractivity contribution is 0.0446. The first kappa shape index (κ1) is 20.7. The van der Waals surface area contributed by atoms with Crippen molar-refractivity contribution in [1.82, 2.24) is 9.80 Å². The fourth-order valence-corrected chi connectivity index (χ4v) is 3.55. The zero-order valence-electron chi connectivity index (χ0n) is 15.0. The number of β-amino-alcohol motifs (C(OH)–C–C–N with tert-alkyl or cyclic N) is 1. The summed E-state index contributed by atoms with van der Waals surface area (Å²) in [6, 6.07) is 12.9. The van der Waals surface area contributed by atoms with Crippen molar-refractivity contribution in [2.45, 2.75) is 12.6 Å². The number of ether oxygens (including phenoxy) is 1. The quantitative estimate of drug-likeness (QED) is 0.715. The van der Waals surface area contributed by atoms with E-state index >= 15 is 0 Å². The van der Waals surface area contributed by atoms with Crippen LogP contribution >= 0.6 is 34.8 Å². The first-order valence-corrected chi connectivity index (χ1v) is 10.1. The number of nitrogens with zero attached hydrogens (tertiary/aromatic N) is 2. The van der Waals surface area contributed by atoms with Crippen LogP contribution in [0.4, 0.5) is 0 Å². The summed E-state index contributed by atoms with van der Waals surface area (Å²) in [5.41, 5.74) is 1.16. The van der Waals surface area contributed by atoms with Crippen LogP contribution in [0, 0.1) is 0 Å². The van der Waals surface area contributed by atoms with Crippen LogP contribution in [0.1, 0.15) is 5.56 Å². The average molecular weight is 430 g/mol. The second-order valence-corrected chi connectivity index (χ2v) is 7.99. The zero-order valence-corrected chi connectivity index (χ0v) is 17.2. The van der Waals surface area contributed by atoms with Crippen LogP contribution in [0.2, 0.25) is 15.1 Å². The SMILES string of the molecule is OC(COc1ccc(Cl)cc1)CN1CCN(Cc2ccc(Cl)c(Cl)c2)CC1. The Bertz CT molecular complexity index is 735. The predicted octanol–water partition coefficient (Wildman–Crippen LogP) is 4.20. The fourth-order valence-electron chi connectivity index (χ4n) is 3.10. The average Bonchev–Trinajstić information content (AvgIpc) is 2.66. The van der Waals surface area contributed by atoms with Gasteiger partial charge in [-0.25, -0.2) is 0 Å². The minimum Gasteiger partial charge on any atom is -0.491 e. The van der Waals surface area contributed by atoms with Gasteiger partial charge < -0.3 is 9.84 Å². The summed E-state index contributed by atoms with van der Waals surface area (Å²) in [5.74, 6) is 0.713. The van der Waals surface area contributed by atoms with E-state index in [1.54, 1.807) is 24.3 Å². The van der Waals surface area contributed by atoms with Gasteiger partial charge in [0, 0.05) is 44.3 Å². The van der Waals surface area contributed by atoms with Gasteiger partial charge in [-0.3, -0.25) is 9.80 Å². The zero-order chi connectivity index (χ0) is 19.2. The number of hydrogen-bond donors (Lipinski definition) is 1. The topological polar surface area (TPSA) is 35.9 Å². The Morgan fingerprint density at radius 1 is 0.889 bits per heavy atom. The molecule has 0 bridgehead atoms. The first-order valence-electron chi connectivity index (χ1n) is 8.94. The lowest BCUT2D eigenvalue weighted by Crippen LogP contribution is -2.48. The Kier molecular flexibility index (Phi) is 7.65. The van der Waals surface area contributed by atoms with Gasteiger partial charge >= 0.3 is 0 Å². The van der Waals surface area contributed by atoms with Gasteiger partial charge in [0.05, 0.1) is 10.0 Å². The summed E-state index contributed by atoms with van der Waals surface area (Å²) in [6.45, 7) is 5.46. The molecule has 2 aromatic carbocycles. The van der Waals surface area contributed by atoms with Gasteiger partial charge in [-0.05, 0) is 42.0 Å². The summed E-state index contributed by atoms with van der Waals surface area (Å²) in [4.78, 5) is 4.65. The maximum Gasteiger partial charge on any atom is 0.119 e. The molecule has 1 aliphatic rings. The molecule has 1 unspecified atom stereocenters. The molecule has 0 radical (unpaired) electrons. The lowest BCUT2D eigenvalue weighted by Gasteiger charge is -2.35. The molecular formula is C20H23Cl3N2O2. The van der Waals surface area contributed by atoms with Gasteiger partial charge in [0.1, 0.15) is 18.5 Å². The first-order chi connectivity index (χ1) is 13.0. The fraction of sp³-hybridized carbons (Fsp3) is 0.400. The third kappa shape index (κ3) is 6.53. The van der Waals surface area contributed by atoms with E-state index in [9.17, 15) is 5.11 Å². The van der Waals surface area contributed by atoms with Crippen molar-refractivity contribution in [1.29, 1.82) is 0 Å². The van der Waals surface area contributed by atoms with Crippen molar-refractivity contribution in [3.8, 4) is 5.75 Å². The Morgan fingerprint density at radius 3 is 2.22 bits per heavy atom. The van der Waals surface area contributed by atoms with Gasteiger partial charge in [-0.1, -0.05) is 40.9 Å². The molecule has 3 rings (SSSR count). The number of aliphatic hydroxyl groups is 1. The third-order valence-corrected chi connectivity index (χ3v) is 5.57. The monoisotopic (exact) mass is 428 g/mol. The lowest BCUT2D eigenvalue weighted by atomic mass is 10.2. The van der Waals surface area contributed by atoms with Crippen LogP contribution in [0.15, 0.2) is 42.5 Å². The molecule has 4 nitrogen and oxygen atoms in total. The van der Waals surface area contributed by atoms with Crippen molar-refractivity contribution in [3.63, 3.8) is 0 Å². The highest BCUT2D eigenvalue weighted by atomic mass is 35.5. The standard InChI is InChI=1S/C20H23Cl3N2O2/c21-16-2-4-18(5-3-16)27-14-17(26)13-25-9-7-24(8-10-25)12-15-1-6-19(22)20(23)11-15/h1-6,11,17,26H,7-10,12-14H2. The van der Waals surface area contributed by atoms with Crippen molar-refractivity contribution in [2.24, 2.45) is 0 Å². The molecule has 0 spiro atoms. The molecule has 0 saturated carbocycles. The van der Waals surface area contributed by atoms with E-state index in [-0.39, 0.29) is 6.61 Å². The van der Waals surface area contributed by atoms with Crippen LogP contribution in [0.3, 0.4) is 0 Å². The molecular weight excluding hydrogens is 407 g/mol. The smallest absolute Gasteiger partial charge is 0.119 e. The van der Waals surface area contributed by atoms with Crippen LogP contribution < -0.4 is 4.74 Å². The van der Waals surface area contributed by atoms with Crippen LogP contribution in [-0.4, -0.2) is 60.3 Å².